The number of benzene rings is 2. The number of halogens is 1. The van der Waals surface area contributed by atoms with Crippen molar-refractivity contribution in [3.05, 3.63) is 65.5 Å². The zero-order valence-electron chi connectivity index (χ0n) is 11.8. The predicted octanol–water partition coefficient (Wildman–Crippen LogP) is 3.21. The smallest absolute Gasteiger partial charge is 0.229 e. The summed E-state index contributed by atoms with van der Waals surface area (Å²) in [5.74, 6) is -0.459. The highest BCUT2D eigenvalue weighted by Crippen LogP contribution is 2.31. The van der Waals surface area contributed by atoms with Gasteiger partial charge in [-0.05, 0) is 36.2 Å². The van der Waals surface area contributed by atoms with Crippen LogP contribution in [0, 0.1) is 5.82 Å². The molecule has 1 unspecified atom stereocenters. The Kier molecular flexibility index (Phi) is 3.60. The molecule has 3 nitrogen and oxygen atoms in total. The van der Waals surface area contributed by atoms with E-state index in [-0.39, 0.29) is 23.7 Å². The van der Waals surface area contributed by atoms with Crippen molar-refractivity contribution in [3.63, 3.8) is 0 Å². The quantitative estimate of drug-likeness (QED) is 0.908. The van der Waals surface area contributed by atoms with Crippen molar-refractivity contribution >= 4 is 11.6 Å². The fraction of sp³-hybridized carbons (Fsp3) is 0.235. The molecule has 0 spiro atoms. The summed E-state index contributed by atoms with van der Waals surface area (Å²) >= 11 is 0. The number of hydrogen-bond acceptors (Lipinski definition) is 2. The van der Waals surface area contributed by atoms with E-state index in [4.69, 9.17) is 0 Å². The summed E-state index contributed by atoms with van der Waals surface area (Å²) in [6.07, 6.45) is 0. The third-order valence-corrected chi connectivity index (χ3v) is 3.88. The fourth-order valence-corrected chi connectivity index (χ4v) is 2.67. The second kappa shape index (κ2) is 5.56. The first-order chi connectivity index (χ1) is 10.1. The number of carbonyl (C=O) groups excluding carboxylic acids is 1. The molecule has 1 heterocycles. The Labute approximate surface area is 123 Å². The number of anilines is 1. The van der Waals surface area contributed by atoms with Crippen molar-refractivity contribution in [1.82, 2.24) is 5.32 Å². The summed E-state index contributed by atoms with van der Waals surface area (Å²) in [6, 6.07) is 13.9. The molecule has 3 rings (SSSR count). The van der Waals surface area contributed by atoms with Crippen molar-refractivity contribution in [2.75, 3.05) is 11.9 Å². The van der Waals surface area contributed by atoms with Gasteiger partial charge in [0.1, 0.15) is 5.82 Å². The van der Waals surface area contributed by atoms with Crippen molar-refractivity contribution in [1.29, 1.82) is 0 Å². The van der Waals surface area contributed by atoms with Gasteiger partial charge in [-0.25, -0.2) is 4.39 Å². The normalized spacial score (nSPS) is 17.7. The highest BCUT2D eigenvalue weighted by atomic mass is 19.1. The average molecular weight is 284 g/mol. The summed E-state index contributed by atoms with van der Waals surface area (Å²) in [5, 5.41) is 6.24. The molecule has 0 saturated carbocycles. The zero-order valence-corrected chi connectivity index (χ0v) is 11.8. The fourth-order valence-electron chi connectivity index (χ4n) is 2.67. The maximum Gasteiger partial charge on any atom is 0.229 e. The van der Waals surface area contributed by atoms with Crippen LogP contribution in [0.25, 0.3) is 0 Å². The Morgan fingerprint density at radius 1 is 1.24 bits per heavy atom. The molecular weight excluding hydrogens is 267 g/mol. The molecule has 1 aliphatic heterocycles. The third-order valence-electron chi connectivity index (χ3n) is 3.88. The van der Waals surface area contributed by atoms with Gasteiger partial charge in [-0.15, -0.1) is 0 Å². The Hall–Kier alpha value is -2.36. The lowest BCUT2D eigenvalue weighted by Gasteiger charge is -2.17. The minimum absolute atomic E-state index is 0.00993. The SMILES string of the molecule is C[C@@H](NC(=O)C1CNc2ccccc21)c1ccc(F)cc1. The molecule has 0 bridgehead atoms. The molecule has 4 heteroatoms. The summed E-state index contributed by atoms with van der Waals surface area (Å²) in [5.41, 5.74) is 2.94. The first kappa shape index (κ1) is 13.6. The second-order valence-electron chi connectivity index (χ2n) is 5.30. The van der Waals surface area contributed by atoms with Crippen molar-refractivity contribution in [2.45, 2.75) is 18.9 Å². The van der Waals surface area contributed by atoms with Gasteiger partial charge >= 0.3 is 0 Å². The molecule has 0 aliphatic carbocycles. The standard InChI is InChI=1S/C17H17FN2O/c1-11(12-6-8-13(18)9-7-12)20-17(21)15-10-19-16-5-3-2-4-14(15)16/h2-9,11,15,19H,10H2,1H3,(H,20,21)/t11-,15?/m1/s1. The molecule has 0 saturated heterocycles. The maximum atomic E-state index is 12.9. The van der Waals surface area contributed by atoms with Crippen LogP contribution in [0.2, 0.25) is 0 Å². The van der Waals surface area contributed by atoms with Crippen LogP contribution in [-0.2, 0) is 4.79 Å². The predicted molar refractivity (Wildman–Crippen MR) is 80.6 cm³/mol. The number of hydrogen-bond donors (Lipinski definition) is 2. The molecule has 1 amide bonds. The maximum absolute atomic E-state index is 12.9. The largest absolute Gasteiger partial charge is 0.384 e. The molecule has 21 heavy (non-hydrogen) atoms. The molecule has 0 radical (unpaired) electrons. The molecule has 0 aromatic heterocycles. The topological polar surface area (TPSA) is 41.1 Å². The van der Waals surface area contributed by atoms with Crippen LogP contribution in [0.3, 0.4) is 0 Å². The Balaban J connectivity index is 1.71. The van der Waals surface area contributed by atoms with Crippen LogP contribution < -0.4 is 10.6 Å². The minimum Gasteiger partial charge on any atom is -0.384 e. The van der Waals surface area contributed by atoms with Crippen LogP contribution in [0.15, 0.2) is 48.5 Å². The van der Waals surface area contributed by atoms with Crippen LogP contribution in [-0.4, -0.2) is 12.5 Å². The monoisotopic (exact) mass is 284 g/mol. The molecule has 2 aromatic rings. The molecule has 108 valence electrons. The highest BCUT2D eigenvalue weighted by molar-refractivity contribution is 5.88. The number of para-hydroxylation sites is 1. The summed E-state index contributed by atoms with van der Waals surface area (Å²) in [6.45, 7) is 2.51. The molecule has 2 atom stereocenters. The number of rotatable bonds is 3. The first-order valence-corrected chi connectivity index (χ1v) is 7.04. The van der Waals surface area contributed by atoms with Gasteiger partial charge in [0.05, 0.1) is 12.0 Å². The van der Waals surface area contributed by atoms with E-state index in [1.54, 1.807) is 12.1 Å². The Bertz CT molecular complexity index is 654. The van der Waals surface area contributed by atoms with E-state index in [1.807, 2.05) is 31.2 Å². The minimum atomic E-state index is -0.272. The van der Waals surface area contributed by atoms with E-state index in [0.29, 0.717) is 6.54 Å². The highest BCUT2D eigenvalue weighted by Gasteiger charge is 2.28. The van der Waals surface area contributed by atoms with E-state index in [1.165, 1.54) is 12.1 Å². The van der Waals surface area contributed by atoms with Gasteiger partial charge in [0.15, 0.2) is 0 Å². The second-order valence-corrected chi connectivity index (χ2v) is 5.30. The zero-order chi connectivity index (χ0) is 14.8. The van der Waals surface area contributed by atoms with E-state index < -0.39 is 0 Å². The summed E-state index contributed by atoms with van der Waals surface area (Å²) < 4.78 is 12.9. The molecule has 1 aliphatic rings. The van der Waals surface area contributed by atoms with Crippen molar-refractivity contribution in [2.24, 2.45) is 0 Å². The van der Waals surface area contributed by atoms with Gasteiger partial charge in [-0.1, -0.05) is 30.3 Å². The van der Waals surface area contributed by atoms with Crippen molar-refractivity contribution < 1.29 is 9.18 Å². The van der Waals surface area contributed by atoms with Gasteiger partial charge < -0.3 is 10.6 Å². The van der Waals surface area contributed by atoms with Crippen LogP contribution >= 0.6 is 0 Å². The van der Waals surface area contributed by atoms with Crippen LogP contribution in [0.5, 0.6) is 0 Å². The van der Waals surface area contributed by atoms with E-state index >= 15 is 0 Å². The molecule has 0 fully saturated rings. The number of amides is 1. The number of fused-ring (bicyclic) bond motifs is 1. The Morgan fingerprint density at radius 2 is 1.95 bits per heavy atom. The van der Waals surface area contributed by atoms with Crippen molar-refractivity contribution in [3.8, 4) is 0 Å². The van der Waals surface area contributed by atoms with Gasteiger partial charge in [0.25, 0.3) is 0 Å². The van der Waals surface area contributed by atoms with Crippen LogP contribution in [0.1, 0.15) is 30.0 Å². The van der Waals surface area contributed by atoms with Gasteiger partial charge in [-0.3, -0.25) is 4.79 Å². The van der Waals surface area contributed by atoms with E-state index in [0.717, 1.165) is 16.8 Å². The van der Waals surface area contributed by atoms with Gasteiger partial charge in [-0.2, -0.15) is 0 Å². The number of nitrogens with one attached hydrogen (secondary N) is 2. The Morgan fingerprint density at radius 3 is 2.71 bits per heavy atom. The summed E-state index contributed by atoms with van der Waals surface area (Å²) in [7, 11) is 0. The molecule has 2 N–H and O–H groups in total. The van der Waals surface area contributed by atoms with Gasteiger partial charge in [0.2, 0.25) is 5.91 Å². The van der Waals surface area contributed by atoms with Gasteiger partial charge in [0, 0.05) is 12.2 Å². The van der Waals surface area contributed by atoms with Crippen LogP contribution in [0.4, 0.5) is 10.1 Å². The molecular formula is C17H17FN2O. The lowest BCUT2D eigenvalue weighted by Crippen LogP contribution is -2.32. The lowest BCUT2D eigenvalue weighted by molar-refractivity contribution is -0.122. The lowest BCUT2D eigenvalue weighted by atomic mass is 9.99. The summed E-state index contributed by atoms with van der Waals surface area (Å²) in [4.78, 5) is 12.4. The first-order valence-electron chi connectivity index (χ1n) is 7.04. The van der Waals surface area contributed by atoms with E-state index in [9.17, 15) is 9.18 Å². The molecule has 2 aromatic carbocycles. The van der Waals surface area contributed by atoms with E-state index in [2.05, 4.69) is 10.6 Å². The number of carbonyl (C=O) groups is 1. The average Bonchev–Trinajstić information content (AvgIpc) is 2.92. The third kappa shape index (κ3) is 2.75.